The van der Waals surface area contributed by atoms with Gasteiger partial charge in [0.15, 0.2) is 0 Å². The highest BCUT2D eigenvalue weighted by atomic mass is 19.1. The van der Waals surface area contributed by atoms with E-state index in [1.165, 1.54) is 37.8 Å². The van der Waals surface area contributed by atoms with Crippen LogP contribution in [0, 0.1) is 35.3 Å². The number of rotatable bonds is 6. The fourth-order valence-electron chi connectivity index (χ4n) is 3.65. The Hall–Kier alpha value is -1.36. The third-order valence-electron chi connectivity index (χ3n) is 5.12. The largest absolute Gasteiger partial charge is 0.206 e. The van der Waals surface area contributed by atoms with Crippen molar-refractivity contribution in [2.75, 3.05) is 0 Å². The van der Waals surface area contributed by atoms with Gasteiger partial charge in [0.1, 0.15) is 11.6 Å². The van der Waals surface area contributed by atoms with E-state index in [2.05, 4.69) is 25.7 Å². The van der Waals surface area contributed by atoms with Gasteiger partial charge in [-0.25, -0.2) is 8.78 Å². The van der Waals surface area contributed by atoms with Crippen LogP contribution < -0.4 is 0 Å². The Bertz CT molecular complexity index is 548. The average molecular weight is 332 g/mol. The molecule has 0 aromatic heterocycles. The second kappa shape index (κ2) is 9.82. The summed E-state index contributed by atoms with van der Waals surface area (Å²) in [5.74, 6) is 6.02. The lowest BCUT2D eigenvalue weighted by atomic mass is 9.80. The minimum atomic E-state index is -0.506. The SMILES string of the molecule is CCCCCc1cc(F)c(C#C[C@H]2CC[C@H](CCC)CC2)c(F)c1. The van der Waals surface area contributed by atoms with Gasteiger partial charge in [-0.05, 0) is 62.1 Å². The van der Waals surface area contributed by atoms with Gasteiger partial charge in [-0.1, -0.05) is 51.4 Å². The topological polar surface area (TPSA) is 0 Å². The molecule has 0 spiro atoms. The molecule has 0 heterocycles. The van der Waals surface area contributed by atoms with E-state index in [0.717, 1.165) is 50.0 Å². The number of hydrogen-bond donors (Lipinski definition) is 0. The van der Waals surface area contributed by atoms with E-state index in [9.17, 15) is 8.78 Å². The van der Waals surface area contributed by atoms with E-state index in [0.29, 0.717) is 5.92 Å². The molecule has 0 radical (unpaired) electrons. The Morgan fingerprint density at radius 2 is 1.62 bits per heavy atom. The molecule has 2 rings (SSSR count). The normalized spacial score (nSPS) is 20.5. The van der Waals surface area contributed by atoms with Gasteiger partial charge in [-0.2, -0.15) is 0 Å². The van der Waals surface area contributed by atoms with Crippen molar-refractivity contribution in [3.8, 4) is 11.8 Å². The molecule has 24 heavy (non-hydrogen) atoms. The number of aryl methyl sites for hydroxylation is 1. The quantitative estimate of drug-likeness (QED) is 0.404. The second-order valence-electron chi connectivity index (χ2n) is 7.17. The number of halogens is 2. The molecular formula is C22H30F2. The molecule has 1 saturated carbocycles. The number of unbranched alkanes of at least 4 members (excludes halogenated alkanes) is 2. The van der Waals surface area contributed by atoms with Crippen molar-refractivity contribution < 1.29 is 8.78 Å². The summed E-state index contributed by atoms with van der Waals surface area (Å²) in [5.41, 5.74) is 0.689. The monoisotopic (exact) mass is 332 g/mol. The third kappa shape index (κ3) is 5.62. The molecule has 0 N–H and O–H groups in total. The maximum Gasteiger partial charge on any atom is 0.142 e. The van der Waals surface area contributed by atoms with Crippen molar-refractivity contribution in [1.82, 2.24) is 0 Å². The van der Waals surface area contributed by atoms with E-state index in [1.807, 2.05) is 0 Å². The zero-order valence-corrected chi connectivity index (χ0v) is 15.1. The molecule has 1 aromatic rings. The first-order chi connectivity index (χ1) is 11.6. The Morgan fingerprint density at radius 3 is 2.21 bits per heavy atom. The molecule has 1 aliphatic carbocycles. The van der Waals surface area contributed by atoms with Gasteiger partial charge in [-0.15, -0.1) is 0 Å². The third-order valence-corrected chi connectivity index (χ3v) is 5.12. The van der Waals surface area contributed by atoms with Crippen LogP contribution in [-0.2, 0) is 6.42 Å². The Morgan fingerprint density at radius 1 is 0.958 bits per heavy atom. The maximum atomic E-state index is 14.2. The standard InChI is InChI=1S/C22H30F2/c1-3-5-6-8-19-15-21(23)20(22(24)16-19)14-13-18-11-9-17(7-4-2)10-12-18/h15-18H,3-12H2,1-2H3/t17-,18-. The number of benzene rings is 1. The van der Waals surface area contributed by atoms with Crippen molar-refractivity contribution in [2.45, 2.75) is 78.1 Å². The van der Waals surface area contributed by atoms with Gasteiger partial charge in [0.05, 0.1) is 5.56 Å². The molecule has 0 unspecified atom stereocenters. The lowest BCUT2D eigenvalue weighted by Gasteiger charge is -2.25. The van der Waals surface area contributed by atoms with Crippen molar-refractivity contribution in [3.05, 3.63) is 34.9 Å². The van der Waals surface area contributed by atoms with Crippen molar-refractivity contribution in [3.63, 3.8) is 0 Å². The predicted octanol–water partition coefficient (Wildman–Crippen LogP) is 6.66. The van der Waals surface area contributed by atoms with Crippen LogP contribution >= 0.6 is 0 Å². The first kappa shape index (κ1) is 19.0. The molecule has 0 aliphatic heterocycles. The van der Waals surface area contributed by atoms with Gasteiger partial charge < -0.3 is 0 Å². The van der Waals surface area contributed by atoms with E-state index >= 15 is 0 Å². The van der Waals surface area contributed by atoms with Gasteiger partial charge in [0.25, 0.3) is 0 Å². The highest BCUT2D eigenvalue weighted by molar-refractivity contribution is 5.39. The molecule has 0 nitrogen and oxygen atoms in total. The van der Waals surface area contributed by atoms with E-state index in [-0.39, 0.29) is 5.56 Å². The highest BCUT2D eigenvalue weighted by Crippen LogP contribution is 2.31. The lowest BCUT2D eigenvalue weighted by Crippen LogP contribution is -2.13. The van der Waals surface area contributed by atoms with Crippen LogP contribution in [0.5, 0.6) is 0 Å². The first-order valence-corrected chi connectivity index (χ1v) is 9.63. The zero-order valence-electron chi connectivity index (χ0n) is 15.1. The Kier molecular flexibility index (Phi) is 7.76. The molecule has 0 amide bonds. The molecule has 0 saturated heterocycles. The average Bonchev–Trinajstić information content (AvgIpc) is 2.56. The summed E-state index contributed by atoms with van der Waals surface area (Å²) in [6.45, 7) is 4.35. The zero-order chi connectivity index (χ0) is 17.4. The minimum Gasteiger partial charge on any atom is -0.206 e. The van der Waals surface area contributed by atoms with E-state index < -0.39 is 11.6 Å². The summed E-state index contributed by atoms with van der Waals surface area (Å²) < 4.78 is 28.4. The molecule has 1 fully saturated rings. The van der Waals surface area contributed by atoms with Crippen molar-refractivity contribution >= 4 is 0 Å². The highest BCUT2D eigenvalue weighted by Gasteiger charge is 2.19. The summed E-state index contributed by atoms with van der Waals surface area (Å²) in [7, 11) is 0. The summed E-state index contributed by atoms with van der Waals surface area (Å²) in [6.07, 6.45) is 11.0. The van der Waals surface area contributed by atoms with Gasteiger partial charge in [-0.3, -0.25) is 0 Å². The van der Waals surface area contributed by atoms with Gasteiger partial charge in [0, 0.05) is 5.92 Å². The molecule has 132 valence electrons. The van der Waals surface area contributed by atoms with Crippen LogP contribution in [-0.4, -0.2) is 0 Å². The van der Waals surface area contributed by atoms with Crippen LogP contribution in [0.15, 0.2) is 12.1 Å². The molecule has 1 aromatic carbocycles. The lowest BCUT2D eigenvalue weighted by molar-refractivity contribution is 0.300. The van der Waals surface area contributed by atoms with E-state index in [1.54, 1.807) is 0 Å². The fraction of sp³-hybridized carbons (Fsp3) is 0.636. The van der Waals surface area contributed by atoms with Crippen LogP contribution in [0.3, 0.4) is 0 Å². The Labute approximate surface area is 146 Å². The summed E-state index contributed by atoms with van der Waals surface area (Å²) >= 11 is 0. The maximum absolute atomic E-state index is 14.2. The van der Waals surface area contributed by atoms with Crippen molar-refractivity contribution in [1.29, 1.82) is 0 Å². The molecule has 0 bridgehead atoms. The predicted molar refractivity (Wildman–Crippen MR) is 96.8 cm³/mol. The van der Waals surface area contributed by atoms with Crippen LogP contribution in [0.25, 0.3) is 0 Å². The van der Waals surface area contributed by atoms with Crippen LogP contribution in [0.4, 0.5) is 8.78 Å². The second-order valence-corrected chi connectivity index (χ2v) is 7.17. The fourth-order valence-corrected chi connectivity index (χ4v) is 3.65. The Balaban J connectivity index is 1.98. The molecule has 2 heteroatoms. The summed E-state index contributed by atoms with van der Waals surface area (Å²) in [5, 5.41) is 0. The van der Waals surface area contributed by atoms with Crippen molar-refractivity contribution in [2.24, 2.45) is 11.8 Å². The first-order valence-electron chi connectivity index (χ1n) is 9.63. The van der Waals surface area contributed by atoms with Gasteiger partial charge >= 0.3 is 0 Å². The smallest absolute Gasteiger partial charge is 0.142 e. The summed E-state index contributed by atoms with van der Waals surface area (Å²) in [4.78, 5) is 0. The minimum absolute atomic E-state index is 0.0510. The van der Waals surface area contributed by atoms with Crippen LogP contribution in [0.1, 0.15) is 82.8 Å². The molecule has 1 aliphatic rings. The number of hydrogen-bond acceptors (Lipinski definition) is 0. The molecule has 0 atom stereocenters. The summed E-state index contributed by atoms with van der Waals surface area (Å²) in [6, 6.07) is 2.92. The van der Waals surface area contributed by atoms with E-state index in [4.69, 9.17) is 0 Å². The van der Waals surface area contributed by atoms with Crippen LogP contribution in [0.2, 0.25) is 0 Å². The molecular weight excluding hydrogens is 302 g/mol. The van der Waals surface area contributed by atoms with Gasteiger partial charge in [0.2, 0.25) is 0 Å².